The number of thiazole rings is 1. The summed E-state index contributed by atoms with van der Waals surface area (Å²) < 4.78 is 34.8. The molecule has 34 heavy (non-hydrogen) atoms. The zero-order chi connectivity index (χ0) is 24.5. The summed E-state index contributed by atoms with van der Waals surface area (Å²) in [7, 11) is -2.32. The molecular formula is C22H20ClN3O5S3. The molecule has 8 nitrogen and oxygen atoms in total. The predicted octanol–water partition coefficient (Wildman–Crippen LogP) is 3.37. The van der Waals surface area contributed by atoms with Crippen LogP contribution in [0.15, 0.2) is 39.5 Å². The number of amides is 1. The molecule has 12 heteroatoms. The molecule has 0 atom stereocenters. The summed E-state index contributed by atoms with van der Waals surface area (Å²) in [4.78, 5) is 29.6. The second-order valence-corrected chi connectivity index (χ2v) is 12.4. The highest BCUT2D eigenvalue weighted by atomic mass is 35.5. The van der Waals surface area contributed by atoms with Crippen molar-refractivity contribution in [3.05, 3.63) is 45.0 Å². The molecule has 1 aliphatic heterocycles. The van der Waals surface area contributed by atoms with E-state index in [1.165, 1.54) is 28.8 Å². The number of carbonyl (C=O) groups excluding carboxylic acids is 2. The normalized spacial score (nSPS) is 16.0. The third kappa shape index (κ3) is 4.82. The molecule has 1 amide bonds. The molecule has 3 aromatic rings. The van der Waals surface area contributed by atoms with E-state index >= 15 is 0 Å². The maximum Gasteiger partial charge on any atom is 0.337 e. The van der Waals surface area contributed by atoms with Crippen molar-refractivity contribution in [3.8, 4) is 12.3 Å². The lowest BCUT2D eigenvalue weighted by molar-refractivity contribution is -0.122. The van der Waals surface area contributed by atoms with E-state index in [1.54, 1.807) is 28.8 Å². The lowest BCUT2D eigenvalue weighted by Crippen LogP contribution is -2.40. The Hall–Kier alpha value is -2.49. The fourth-order valence-corrected chi connectivity index (χ4v) is 7.92. The van der Waals surface area contributed by atoms with Crippen LogP contribution in [-0.2, 0) is 26.1 Å². The number of methoxy groups -OCH3 is 1. The quantitative estimate of drug-likeness (QED) is 0.367. The smallest absolute Gasteiger partial charge is 0.337 e. The highest BCUT2D eigenvalue weighted by Gasteiger charge is 2.33. The molecule has 0 bridgehead atoms. The largest absolute Gasteiger partial charge is 0.465 e. The van der Waals surface area contributed by atoms with E-state index in [-0.39, 0.29) is 29.8 Å². The predicted molar refractivity (Wildman–Crippen MR) is 131 cm³/mol. The van der Waals surface area contributed by atoms with E-state index in [0.29, 0.717) is 27.5 Å². The minimum absolute atomic E-state index is 0.193. The fourth-order valence-electron chi connectivity index (χ4n) is 3.74. The summed E-state index contributed by atoms with van der Waals surface area (Å²) in [5, 5.41) is 0. The van der Waals surface area contributed by atoms with Crippen LogP contribution in [0.25, 0.3) is 10.2 Å². The van der Waals surface area contributed by atoms with Crippen LogP contribution in [0, 0.1) is 18.3 Å². The molecule has 0 saturated carbocycles. The molecule has 0 radical (unpaired) electrons. The van der Waals surface area contributed by atoms with E-state index < -0.39 is 21.9 Å². The molecule has 4 rings (SSSR count). The van der Waals surface area contributed by atoms with E-state index in [0.717, 1.165) is 21.6 Å². The molecule has 1 aromatic carbocycles. The average molecular weight is 538 g/mol. The molecule has 3 heterocycles. The number of esters is 1. The number of hydrogen-bond acceptors (Lipinski definition) is 7. The maximum atomic E-state index is 13.0. The Balaban J connectivity index is 1.56. The van der Waals surface area contributed by atoms with Crippen molar-refractivity contribution in [2.75, 3.05) is 20.2 Å². The summed E-state index contributed by atoms with van der Waals surface area (Å²) in [6.07, 6.45) is 6.26. The number of piperidine rings is 1. The zero-order valence-electron chi connectivity index (χ0n) is 18.1. The molecule has 2 aromatic heterocycles. The number of thiophene rings is 1. The van der Waals surface area contributed by atoms with Gasteiger partial charge in [0.2, 0.25) is 0 Å². The minimum atomic E-state index is -3.63. The molecule has 1 aliphatic rings. The zero-order valence-corrected chi connectivity index (χ0v) is 21.3. The fraction of sp³-hybridized carbons (Fsp3) is 0.318. The minimum Gasteiger partial charge on any atom is -0.465 e. The Labute approximate surface area is 209 Å². The third-order valence-electron chi connectivity index (χ3n) is 5.50. The van der Waals surface area contributed by atoms with Gasteiger partial charge in [0.15, 0.2) is 4.80 Å². The van der Waals surface area contributed by atoms with Crippen LogP contribution in [0.1, 0.15) is 23.2 Å². The van der Waals surface area contributed by atoms with Crippen LogP contribution in [-0.4, -0.2) is 49.4 Å². The number of benzene rings is 1. The van der Waals surface area contributed by atoms with Gasteiger partial charge in [-0.1, -0.05) is 28.9 Å². The van der Waals surface area contributed by atoms with E-state index in [9.17, 15) is 18.0 Å². The van der Waals surface area contributed by atoms with E-state index in [1.807, 2.05) is 0 Å². The number of nitrogens with zero attached hydrogens (tertiary/aromatic N) is 3. The van der Waals surface area contributed by atoms with Crippen molar-refractivity contribution in [1.82, 2.24) is 8.87 Å². The van der Waals surface area contributed by atoms with Crippen molar-refractivity contribution < 1.29 is 22.7 Å². The van der Waals surface area contributed by atoms with Gasteiger partial charge in [-0.3, -0.25) is 4.79 Å². The Kier molecular flexibility index (Phi) is 7.25. The van der Waals surface area contributed by atoms with Gasteiger partial charge < -0.3 is 9.30 Å². The van der Waals surface area contributed by atoms with Gasteiger partial charge in [0.05, 0.1) is 33.8 Å². The van der Waals surface area contributed by atoms with Gasteiger partial charge in [0.1, 0.15) is 4.21 Å². The van der Waals surface area contributed by atoms with Crippen LogP contribution in [0.4, 0.5) is 0 Å². The molecule has 178 valence electrons. The first-order valence-corrected chi connectivity index (χ1v) is 13.7. The highest BCUT2D eigenvalue weighted by Crippen LogP contribution is 2.31. The number of aromatic nitrogens is 1. The number of sulfonamides is 1. The van der Waals surface area contributed by atoms with Crippen molar-refractivity contribution >= 4 is 66.4 Å². The summed E-state index contributed by atoms with van der Waals surface area (Å²) >= 11 is 8.16. The number of terminal acetylenes is 1. The molecule has 0 unspecified atom stereocenters. The third-order valence-corrected chi connectivity index (χ3v) is 10.1. The maximum absolute atomic E-state index is 13.0. The van der Waals surface area contributed by atoms with Gasteiger partial charge in [0, 0.05) is 19.0 Å². The van der Waals surface area contributed by atoms with Crippen molar-refractivity contribution in [2.45, 2.75) is 23.6 Å². The average Bonchev–Trinajstić information content (AvgIpc) is 3.42. The molecule has 0 aliphatic carbocycles. The Morgan fingerprint density at radius 3 is 2.59 bits per heavy atom. The molecule has 1 saturated heterocycles. The lowest BCUT2D eigenvalue weighted by atomic mass is 9.98. The van der Waals surface area contributed by atoms with Crippen LogP contribution in [0.2, 0.25) is 4.34 Å². The SMILES string of the molecule is C#CCn1c(=NC(=O)C2CCN(S(=O)(=O)c3ccc(Cl)s3)CC2)sc2cc(C(=O)OC)ccc21. The summed E-state index contributed by atoms with van der Waals surface area (Å²) in [6.45, 7) is 0.663. The lowest BCUT2D eigenvalue weighted by Gasteiger charge is -2.29. The first kappa shape index (κ1) is 24.6. The second kappa shape index (κ2) is 10.0. The van der Waals surface area contributed by atoms with E-state index in [4.69, 9.17) is 22.8 Å². The van der Waals surface area contributed by atoms with E-state index in [2.05, 4.69) is 10.9 Å². The summed E-state index contributed by atoms with van der Waals surface area (Å²) in [5.41, 5.74) is 1.15. The number of carbonyl (C=O) groups is 2. The summed E-state index contributed by atoms with van der Waals surface area (Å²) in [5.74, 6) is 1.40. The van der Waals surface area contributed by atoms with Gasteiger partial charge in [-0.15, -0.1) is 17.8 Å². The monoisotopic (exact) mass is 537 g/mol. The highest BCUT2D eigenvalue weighted by molar-refractivity contribution is 7.91. The standard InChI is InChI=1S/C22H20ClN3O5S3/c1-3-10-26-16-5-4-15(21(28)31-2)13-17(16)32-22(26)24-20(27)14-8-11-25(12-9-14)34(29,30)19-7-6-18(23)33-19/h1,4-7,13-14H,8-12H2,2H3. The van der Waals surface area contributed by atoms with Crippen molar-refractivity contribution in [3.63, 3.8) is 0 Å². The molecule has 0 N–H and O–H groups in total. The number of halogens is 1. The van der Waals surface area contributed by atoms with Gasteiger partial charge >= 0.3 is 5.97 Å². The second-order valence-electron chi connectivity index (χ2n) is 7.54. The Morgan fingerprint density at radius 2 is 1.97 bits per heavy atom. The van der Waals surface area contributed by atoms with Crippen molar-refractivity contribution in [2.24, 2.45) is 10.9 Å². The topological polar surface area (TPSA) is 98.0 Å². The number of rotatable bonds is 5. The summed E-state index contributed by atoms with van der Waals surface area (Å²) in [6, 6.07) is 8.11. The van der Waals surface area contributed by atoms with Crippen LogP contribution >= 0.6 is 34.3 Å². The van der Waals surface area contributed by atoms with Gasteiger partial charge in [-0.25, -0.2) is 13.2 Å². The molecule has 1 fully saturated rings. The van der Waals surface area contributed by atoms with Crippen LogP contribution < -0.4 is 4.80 Å². The number of hydrogen-bond donors (Lipinski definition) is 0. The molecular weight excluding hydrogens is 518 g/mol. The van der Waals surface area contributed by atoms with Gasteiger partial charge in [-0.2, -0.15) is 9.30 Å². The first-order valence-electron chi connectivity index (χ1n) is 10.2. The van der Waals surface area contributed by atoms with Crippen molar-refractivity contribution in [1.29, 1.82) is 0 Å². The number of ether oxygens (including phenoxy) is 1. The number of fused-ring (bicyclic) bond motifs is 1. The Bertz CT molecular complexity index is 1470. The van der Waals surface area contributed by atoms with Crippen LogP contribution in [0.3, 0.4) is 0 Å². The molecule has 0 spiro atoms. The Morgan fingerprint density at radius 1 is 1.24 bits per heavy atom. The van der Waals surface area contributed by atoms with Gasteiger partial charge in [0.25, 0.3) is 15.9 Å². The van der Waals surface area contributed by atoms with Crippen LogP contribution in [0.5, 0.6) is 0 Å². The first-order chi connectivity index (χ1) is 16.2. The van der Waals surface area contributed by atoms with Gasteiger partial charge in [-0.05, 0) is 43.2 Å².